The van der Waals surface area contributed by atoms with E-state index in [4.69, 9.17) is 4.74 Å². The summed E-state index contributed by atoms with van der Waals surface area (Å²) in [5.41, 5.74) is 2.48. The van der Waals surface area contributed by atoms with Crippen LogP contribution in [0.2, 0.25) is 0 Å². The quantitative estimate of drug-likeness (QED) is 0.727. The molecule has 0 bridgehead atoms. The average Bonchev–Trinajstić information content (AvgIpc) is 2.96. The zero-order valence-corrected chi connectivity index (χ0v) is 14.6. The Hall–Kier alpha value is -2.14. The standard InChI is InChI=1S/C19H20N2O2S/c1-13-5-4-6-14(11-13)23-10-9-21-12-20-18-17(19(21)22)15-7-2-3-8-16(15)24-18/h4-6,11-12H,2-3,7-10H2,1H3. The number of aromatic nitrogens is 2. The van der Waals surface area contributed by atoms with E-state index in [9.17, 15) is 4.79 Å². The van der Waals surface area contributed by atoms with Crippen molar-refractivity contribution >= 4 is 21.6 Å². The van der Waals surface area contributed by atoms with Crippen LogP contribution in [0.25, 0.3) is 10.2 Å². The Labute approximate surface area is 144 Å². The van der Waals surface area contributed by atoms with Crippen LogP contribution in [0, 0.1) is 6.92 Å². The summed E-state index contributed by atoms with van der Waals surface area (Å²) < 4.78 is 7.45. The molecule has 0 aliphatic heterocycles. The van der Waals surface area contributed by atoms with Crippen LogP contribution >= 0.6 is 11.3 Å². The van der Waals surface area contributed by atoms with Gasteiger partial charge in [0.1, 0.15) is 17.2 Å². The van der Waals surface area contributed by atoms with Crippen molar-refractivity contribution in [2.45, 2.75) is 39.2 Å². The number of thiophene rings is 1. The lowest BCUT2D eigenvalue weighted by Gasteiger charge is -2.11. The highest BCUT2D eigenvalue weighted by molar-refractivity contribution is 7.18. The SMILES string of the molecule is Cc1cccc(OCCn2cnc3sc4c(c3c2=O)CCCC4)c1. The third-order valence-corrected chi connectivity index (χ3v) is 5.73. The van der Waals surface area contributed by atoms with Gasteiger partial charge >= 0.3 is 0 Å². The van der Waals surface area contributed by atoms with Crippen molar-refractivity contribution in [2.75, 3.05) is 6.61 Å². The first-order chi connectivity index (χ1) is 11.7. The predicted octanol–water partition coefficient (Wildman–Crippen LogP) is 3.72. The first-order valence-electron chi connectivity index (χ1n) is 8.41. The van der Waals surface area contributed by atoms with E-state index in [1.165, 1.54) is 23.3 Å². The van der Waals surface area contributed by atoms with E-state index in [-0.39, 0.29) is 5.56 Å². The molecule has 4 nitrogen and oxygen atoms in total. The summed E-state index contributed by atoms with van der Waals surface area (Å²) >= 11 is 1.69. The number of hydrogen-bond acceptors (Lipinski definition) is 4. The smallest absolute Gasteiger partial charge is 0.262 e. The summed E-state index contributed by atoms with van der Waals surface area (Å²) in [5, 5.41) is 0.841. The van der Waals surface area contributed by atoms with Gasteiger partial charge in [-0.3, -0.25) is 9.36 Å². The van der Waals surface area contributed by atoms with Gasteiger partial charge in [0.15, 0.2) is 0 Å². The Kier molecular flexibility index (Phi) is 4.10. The number of fused-ring (bicyclic) bond motifs is 3. The van der Waals surface area contributed by atoms with Gasteiger partial charge in [-0.05, 0) is 55.9 Å². The fourth-order valence-corrected chi connectivity index (χ4v) is 4.53. The molecular formula is C19H20N2O2S. The molecule has 0 fully saturated rings. The molecule has 0 atom stereocenters. The Morgan fingerprint density at radius 1 is 1.29 bits per heavy atom. The third kappa shape index (κ3) is 2.84. The van der Waals surface area contributed by atoms with Gasteiger partial charge in [0.2, 0.25) is 0 Å². The van der Waals surface area contributed by atoms with Gasteiger partial charge in [-0.25, -0.2) is 4.98 Å². The summed E-state index contributed by atoms with van der Waals surface area (Å²) in [6.45, 7) is 3.01. The van der Waals surface area contributed by atoms with Gasteiger partial charge in [0.25, 0.3) is 5.56 Å². The van der Waals surface area contributed by atoms with Gasteiger partial charge in [-0.1, -0.05) is 12.1 Å². The Morgan fingerprint density at radius 3 is 3.04 bits per heavy atom. The number of aryl methyl sites for hydroxylation is 3. The maximum atomic E-state index is 12.8. The van der Waals surface area contributed by atoms with Gasteiger partial charge in [0.05, 0.1) is 18.3 Å². The van der Waals surface area contributed by atoms with Crippen molar-refractivity contribution in [2.24, 2.45) is 0 Å². The van der Waals surface area contributed by atoms with Crippen LogP contribution in [0.4, 0.5) is 0 Å². The summed E-state index contributed by atoms with van der Waals surface area (Å²) in [6.07, 6.45) is 6.15. The summed E-state index contributed by atoms with van der Waals surface area (Å²) in [6, 6.07) is 7.95. The summed E-state index contributed by atoms with van der Waals surface area (Å²) in [5.74, 6) is 0.838. The molecule has 5 heteroatoms. The molecule has 0 unspecified atom stereocenters. The molecule has 0 saturated carbocycles. The van der Waals surface area contributed by atoms with Crippen molar-refractivity contribution in [3.63, 3.8) is 0 Å². The van der Waals surface area contributed by atoms with E-state index in [2.05, 4.69) is 4.98 Å². The second-order valence-corrected chi connectivity index (χ2v) is 7.38. The molecule has 124 valence electrons. The minimum atomic E-state index is 0.0762. The lowest BCUT2D eigenvalue weighted by molar-refractivity contribution is 0.296. The number of nitrogens with zero attached hydrogens (tertiary/aromatic N) is 2. The molecule has 0 saturated heterocycles. The second kappa shape index (κ2) is 6.40. The predicted molar refractivity (Wildman–Crippen MR) is 97.2 cm³/mol. The van der Waals surface area contributed by atoms with Gasteiger partial charge in [-0.2, -0.15) is 0 Å². The van der Waals surface area contributed by atoms with E-state index in [1.807, 2.05) is 31.2 Å². The minimum absolute atomic E-state index is 0.0762. The largest absolute Gasteiger partial charge is 0.492 e. The fourth-order valence-electron chi connectivity index (χ4n) is 3.31. The monoisotopic (exact) mass is 340 g/mol. The van der Waals surface area contributed by atoms with Crippen LogP contribution in [0.1, 0.15) is 28.8 Å². The molecule has 24 heavy (non-hydrogen) atoms. The number of benzene rings is 1. The lowest BCUT2D eigenvalue weighted by Crippen LogP contribution is -2.24. The second-order valence-electron chi connectivity index (χ2n) is 6.30. The average molecular weight is 340 g/mol. The van der Waals surface area contributed by atoms with Gasteiger partial charge in [-0.15, -0.1) is 11.3 Å². The number of rotatable bonds is 4. The Morgan fingerprint density at radius 2 is 2.17 bits per heavy atom. The van der Waals surface area contributed by atoms with Gasteiger partial charge in [0, 0.05) is 4.88 Å². The maximum Gasteiger partial charge on any atom is 0.262 e. The number of ether oxygens (including phenoxy) is 1. The van der Waals surface area contributed by atoms with Crippen LogP contribution in [-0.4, -0.2) is 16.2 Å². The molecule has 0 N–H and O–H groups in total. The Bertz CT molecular complexity index is 942. The highest BCUT2D eigenvalue weighted by Gasteiger charge is 2.19. The molecule has 3 aromatic rings. The maximum absolute atomic E-state index is 12.8. The van der Waals surface area contributed by atoms with Gasteiger partial charge < -0.3 is 4.74 Å². The van der Waals surface area contributed by atoms with E-state index in [1.54, 1.807) is 22.2 Å². The third-order valence-electron chi connectivity index (χ3n) is 4.53. The summed E-state index contributed by atoms with van der Waals surface area (Å²) in [7, 11) is 0. The molecule has 0 radical (unpaired) electrons. The molecule has 4 rings (SSSR count). The normalized spacial score (nSPS) is 13.9. The van der Waals surface area contributed by atoms with Crippen molar-refractivity contribution < 1.29 is 4.74 Å². The van der Waals surface area contributed by atoms with Crippen molar-refractivity contribution in [1.82, 2.24) is 9.55 Å². The first-order valence-corrected chi connectivity index (χ1v) is 9.23. The minimum Gasteiger partial charge on any atom is -0.492 e. The van der Waals surface area contributed by atoms with E-state index < -0.39 is 0 Å². The molecule has 0 amide bonds. The van der Waals surface area contributed by atoms with Crippen molar-refractivity contribution in [3.8, 4) is 5.75 Å². The summed E-state index contributed by atoms with van der Waals surface area (Å²) in [4.78, 5) is 19.6. The molecular weight excluding hydrogens is 320 g/mol. The van der Waals surface area contributed by atoms with Crippen LogP contribution in [0.5, 0.6) is 5.75 Å². The van der Waals surface area contributed by atoms with E-state index in [0.717, 1.165) is 34.4 Å². The van der Waals surface area contributed by atoms with Crippen molar-refractivity contribution in [3.05, 3.63) is 57.0 Å². The van der Waals surface area contributed by atoms with Crippen LogP contribution in [-0.2, 0) is 19.4 Å². The highest BCUT2D eigenvalue weighted by atomic mass is 32.1. The van der Waals surface area contributed by atoms with E-state index >= 15 is 0 Å². The molecule has 2 heterocycles. The zero-order chi connectivity index (χ0) is 16.5. The van der Waals surface area contributed by atoms with E-state index in [0.29, 0.717) is 13.2 Å². The zero-order valence-electron chi connectivity index (χ0n) is 13.7. The molecule has 2 aromatic heterocycles. The van der Waals surface area contributed by atoms with Crippen LogP contribution < -0.4 is 10.3 Å². The van der Waals surface area contributed by atoms with Crippen molar-refractivity contribution in [1.29, 1.82) is 0 Å². The molecule has 1 aliphatic rings. The van der Waals surface area contributed by atoms with Crippen LogP contribution in [0.15, 0.2) is 35.4 Å². The first kappa shape index (κ1) is 15.4. The fraction of sp³-hybridized carbons (Fsp3) is 0.368. The molecule has 1 aliphatic carbocycles. The lowest BCUT2D eigenvalue weighted by atomic mass is 9.97. The molecule has 1 aromatic carbocycles. The Balaban J connectivity index is 1.56. The number of hydrogen-bond donors (Lipinski definition) is 0. The highest BCUT2D eigenvalue weighted by Crippen LogP contribution is 2.33. The van der Waals surface area contributed by atoms with Crippen LogP contribution in [0.3, 0.4) is 0 Å². The molecule has 0 spiro atoms. The topological polar surface area (TPSA) is 44.1 Å².